The fourth-order valence-electron chi connectivity index (χ4n) is 2.01. The minimum atomic E-state index is -0.248. The van der Waals surface area contributed by atoms with Crippen LogP contribution in [0.5, 0.6) is 0 Å². The van der Waals surface area contributed by atoms with E-state index in [-0.39, 0.29) is 11.9 Å². The lowest BCUT2D eigenvalue weighted by atomic mass is 10.0. The zero-order valence-corrected chi connectivity index (χ0v) is 11.6. The quantitative estimate of drug-likeness (QED) is 0.761. The Morgan fingerprint density at radius 3 is 2.65 bits per heavy atom. The smallest absolute Gasteiger partial charge is 0.234 e. The Bertz CT molecular complexity index is 509. The highest BCUT2D eigenvalue weighted by atomic mass is 16.3. The van der Waals surface area contributed by atoms with Gasteiger partial charge in [0.1, 0.15) is 11.8 Å². The van der Waals surface area contributed by atoms with Crippen LogP contribution < -0.4 is 10.6 Å². The summed E-state index contributed by atoms with van der Waals surface area (Å²) >= 11 is 0. The van der Waals surface area contributed by atoms with Gasteiger partial charge in [-0.05, 0) is 30.7 Å². The molecule has 0 spiro atoms. The van der Waals surface area contributed by atoms with E-state index in [1.165, 1.54) is 0 Å². The standard InChI is InChI=1S/C16H20N2O2/c1-2-10-17-12-15(19)18-16(14-9-6-11-20-14)13-7-4-3-5-8-13/h3-9,11,16-17H,2,10,12H2,1H3,(H,18,19). The van der Waals surface area contributed by atoms with Crippen molar-refractivity contribution in [1.29, 1.82) is 0 Å². The van der Waals surface area contributed by atoms with Gasteiger partial charge in [0, 0.05) is 0 Å². The Balaban J connectivity index is 2.06. The minimum Gasteiger partial charge on any atom is -0.467 e. The van der Waals surface area contributed by atoms with Crippen LogP contribution in [0.4, 0.5) is 0 Å². The molecule has 0 aliphatic carbocycles. The number of nitrogens with one attached hydrogen (secondary N) is 2. The molecule has 0 saturated heterocycles. The molecule has 0 aliphatic rings. The monoisotopic (exact) mass is 272 g/mol. The SMILES string of the molecule is CCCNCC(=O)NC(c1ccccc1)c1ccco1. The van der Waals surface area contributed by atoms with Gasteiger partial charge in [-0.1, -0.05) is 37.3 Å². The zero-order valence-electron chi connectivity index (χ0n) is 11.6. The first-order valence-corrected chi connectivity index (χ1v) is 6.89. The number of benzene rings is 1. The fourth-order valence-corrected chi connectivity index (χ4v) is 2.01. The summed E-state index contributed by atoms with van der Waals surface area (Å²) in [6, 6.07) is 13.3. The molecule has 1 aromatic heterocycles. The summed E-state index contributed by atoms with van der Waals surface area (Å²) < 4.78 is 5.44. The number of amides is 1. The summed E-state index contributed by atoms with van der Waals surface area (Å²) in [6.45, 7) is 3.22. The van der Waals surface area contributed by atoms with Crippen LogP contribution in [0, 0.1) is 0 Å². The number of rotatable bonds is 7. The van der Waals surface area contributed by atoms with Gasteiger partial charge in [-0.3, -0.25) is 4.79 Å². The minimum absolute atomic E-state index is 0.0382. The fraction of sp³-hybridized carbons (Fsp3) is 0.312. The second-order valence-electron chi connectivity index (χ2n) is 4.60. The van der Waals surface area contributed by atoms with Crippen molar-refractivity contribution in [1.82, 2.24) is 10.6 Å². The van der Waals surface area contributed by atoms with Gasteiger partial charge in [0.25, 0.3) is 0 Å². The first-order chi connectivity index (χ1) is 9.81. The van der Waals surface area contributed by atoms with Gasteiger partial charge in [-0.25, -0.2) is 0 Å². The normalized spacial score (nSPS) is 12.1. The number of carbonyl (C=O) groups is 1. The molecule has 0 radical (unpaired) electrons. The maximum Gasteiger partial charge on any atom is 0.234 e. The second-order valence-corrected chi connectivity index (χ2v) is 4.60. The van der Waals surface area contributed by atoms with E-state index >= 15 is 0 Å². The molecule has 0 saturated carbocycles. The van der Waals surface area contributed by atoms with Crippen LogP contribution in [-0.4, -0.2) is 19.0 Å². The van der Waals surface area contributed by atoms with Crippen molar-refractivity contribution in [3.8, 4) is 0 Å². The molecule has 1 unspecified atom stereocenters. The topological polar surface area (TPSA) is 54.3 Å². The summed E-state index contributed by atoms with van der Waals surface area (Å²) in [5, 5.41) is 6.09. The molecule has 0 aliphatic heterocycles. The molecule has 1 atom stereocenters. The second kappa shape index (κ2) is 7.50. The van der Waals surface area contributed by atoms with E-state index in [4.69, 9.17) is 4.42 Å². The Morgan fingerprint density at radius 2 is 2.00 bits per heavy atom. The van der Waals surface area contributed by atoms with E-state index < -0.39 is 0 Å². The highest BCUT2D eigenvalue weighted by Gasteiger charge is 2.18. The van der Waals surface area contributed by atoms with Crippen molar-refractivity contribution < 1.29 is 9.21 Å². The molecule has 4 heteroatoms. The van der Waals surface area contributed by atoms with Crippen molar-refractivity contribution in [2.24, 2.45) is 0 Å². The van der Waals surface area contributed by atoms with Gasteiger partial charge in [-0.15, -0.1) is 0 Å². The molecule has 1 aromatic carbocycles. The molecule has 2 N–H and O–H groups in total. The van der Waals surface area contributed by atoms with Crippen molar-refractivity contribution in [3.05, 3.63) is 60.1 Å². The van der Waals surface area contributed by atoms with Crippen molar-refractivity contribution >= 4 is 5.91 Å². The van der Waals surface area contributed by atoms with Gasteiger partial charge in [0.2, 0.25) is 5.91 Å². The highest BCUT2D eigenvalue weighted by molar-refractivity contribution is 5.78. The lowest BCUT2D eigenvalue weighted by molar-refractivity contribution is -0.120. The third-order valence-corrected chi connectivity index (χ3v) is 2.98. The van der Waals surface area contributed by atoms with E-state index in [0.717, 1.165) is 24.3 Å². The van der Waals surface area contributed by atoms with E-state index in [9.17, 15) is 4.79 Å². The van der Waals surface area contributed by atoms with E-state index in [1.807, 2.05) is 42.5 Å². The van der Waals surface area contributed by atoms with Crippen LogP contribution in [0.25, 0.3) is 0 Å². The zero-order chi connectivity index (χ0) is 14.2. The number of hydrogen-bond donors (Lipinski definition) is 2. The number of furan rings is 1. The van der Waals surface area contributed by atoms with Crippen LogP contribution in [-0.2, 0) is 4.79 Å². The lowest BCUT2D eigenvalue weighted by Gasteiger charge is -2.17. The largest absolute Gasteiger partial charge is 0.467 e. The molecule has 106 valence electrons. The maximum atomic E-state index is 12.0. The average Bonchev–Trinajstić information content (AvgIpc) is 3.00. The maximum absolute atomic E-state index is 12.0. The Hall–Kier alpha value is -2.07. The van der Waals surface area contributed by atoms with Gasteiger partial charge in [0.05, 0.1) is 12.8 Å². The summed E-state index contributed by atoms with van der Waals surface area (Å²) in [7, 11) is 0. The third-order valence-electron chi connectivity index (χ3n) is 2.98. The number of carbonyl (C=O) groups excluding carboxylic acids is 1. The molecule has 0 fully saturated rings. The molecule has 1 amide bonds. The first kappa shape index (κ1) is 14.3. The van der Waals surface area contributed by atoms with Gasteiger partial charge < -0.3 is 15.1 Å². The Labute approximate surface area is 119 Å². The summed E-state index contributed by atoms with van der Waals surface area (Å²) in [5.41, 5.74) is 1.01. The van der Waals surface area contributed by atoms with Gasteiger partial charge >= 0.3 is 0 Å². The summed E-state index contributed by atoms with van der Waals surface area (Å²) in [6.07, 6.45) is 2.63. The highest BCUT2D eigenvalue weighted by Crippen LogP contribution is 2.21. The molecule has 20 heavy (non-hydrogen) atoms. The van der Waals surface area contributed by atoms with Crippen LogP contribution in [0.15, 0.2) is 53.1 Å². The van der Waals surface area contributed by atoms with E-state index in [0.29, 0.717) is 6.54 Å². The molecular weight excluding hydrogens is 252 g/mol. The summed E-state index contributed by atoms with van der Waals surface area (Å²) in [5.74, 6) is 0.698. The van der Waals surface area contributed by atoms with Crippen molar-refractivity contribution in [3.63, 3.8) is 0 Å². The molecule has 2 aromatic rings. The average molecular weight is 272 g/mol. The molecule has 2 rings (SSSR count). The van der Waals surface area contributed by atoms with Gasteiger partial charge in [-0.2, -0.15) is 0 Å². The molecular formula is C16H20N2O2. The molecule has 1 heterocycles. The molecule has 0 bridgehead atoms. The van der Waals surface area contributed by atoms with Crippen LogP contribution in [0.2, 0.25) is 0 Å². The lowest BCUT2D eigenvalue weighted by Crippen LogP contribution is -2.36. The van der Waals surface area contributed by atoms with Gasteiger partial charge in [0.15, 0.2) is 0 Å². The Kier molecular flexibility index (Phi) is 5.38. The van der Waals surface area contributed by atoms with E-state index in [1.54, 1.807) is 6.26 Å². The first-order valence-electron chi connectivity index (χ1n) is 6.89. The predicted molar refractivity (Wildman–Crippen MR) is 78.3 cm³/mol. The molecule has 4 nitrogen and oxygen atoms in total. The Morgan fingerprint density at radius 1 is 1.20 bits per heavy atom. The van der Waals surface area contributed by atoms with Crippen LogP contribution in [0.3, 0.4) is 0 Å². The third kappa shape index (κ3) is 3.96. The van der Waals surface area contributed by atoms with Crippen LogP contribution >= 0.6 is 0 Å². The summed E-state index contributed by atoms with van der Waals surface area (Å²) in [4.78, 5) is 12.0. The predicted octanol–water partition coefficient (Wildman–Crippen LogP) is 2.48. The van der Waals surface area contributed by atoms with Crippen LogP contribution in [0.1, 0.15) is 30.7 Å². The van der Waals surface area contributed by atoms with E-state index in [2.05, 4.69) is 17.6 Å². The van der Waals surface area contributed by atoms with Crippen molar-refractivity contribution in [2.75, 3.05) is 13.1 Å². The number of hydrogen-bond acceptors (Lipinski definition) is 3. The van der Waals surface area contributed by atoms with Crippen molar-refractivity contribution in [2.45, 2.75) is 19.4 Å².